The number of amides is 4. The summed E-state index contributed by atoms with van der Waals surface area (Å²) >= 11 is 12.8. The Balaban J connectivity index is 0.000000136. The van der Waals surface area contributed by atoms with Gasteiger partial charge in [0.1, 0.15) is 21.9 Å². The summed E-state index contributed by atoms with van der Waals surface area (Å²) in [6.45, 7) is 15.2. The summed E-state index contributed by atoms with van der Waals surface area (Å²) < 4.78 is 11.0. The number of carbonyl (C=O) groups excluding carboxylic acids is 4. The zero-order valence-electron chi connectivity index (χ0n) is 66.4. The highest BCUT2D eigenvalue weighted by atomic mass is 35.5. The van der Waals surface area contributed by atoms with Crippen LogP contribution in [0.5, 0.6) is 11.5 Å². The molecule has 4 amide bonds. The van der Waals surface area contributed by atoms with Gasteiger partial charge in [-0.3, -0.25) is 63.7 Å². The largest absolute Gasteiger partial charge is 0.454 e. The number of carbonyl (C=O) groups is 4. The lowest BCUT2D eigenvalue weighted by molar-refractivity contribution is -0.135. The number of nitrogens with zero attached hydrogens (tertiary/aromatic N) is 13. The molecule has 0 saturated heterocycles. The van der Waals surface area contributed by atoms with Gasteiger partial charge in [-0.25, -0.2) is 20.0 Å². The maximum absolute atomic E-state index is 13.5. The van der Waals surface area contributed by atoms with Crippen molar-refractivity contribution in [2.45, 2.75) is 113 Å². The minimum absolute atomic E-state index is 0.0396. The van der Waals surface area contributed by atoms with E-state index >= 15 is 0 Å². The van der Waals surface area contributed by atoms with Crippen LogP contribution >= 0.6 is 57.4 Å². The number of nitrogens with two attached hydrogens (primary N) is 4. The molecule has 0 spiro atoms. The molecule has 16 rings (SSSR count). The quantitative estimate of drug-likeness (QED) is 0.0826. The molecule has 5 aliphatic heterocycles. The second-order valence-corrected chi connectivity index (χ2v) is 33.3. The summed E-state index contributed by atoms with van der Waals surface area (Å²) in [6, 6.07) is 31.5. The van der Waals surface area contributed by atoms with Crippen molar-refractivity contribution in [2.24, 2.45) is 54.7 Å². The topological polar surface area (TPSA) is 318 Å². The van der Waals surface area contributed by atoms with Crippen LogP contribution < -0.4 is 32.4 Å². The van der Waals surface area contributed by atoms with Crippen molar-refractivity contribution < 1.29 is 28.7 Å². The van der Waals surface area contributed by atoms with E-state index in [0.29, 0.717) is 22.4 Å². The van der Waals surface area contributed by atoms with Crippen LogP contribution in [0.4, 0.5) is 0 Å². The van der Waals surface area contributed by atoms with Crippen molar-refractivity contribution in [3.63, 3.8) is 0 Å². The molecule has 1 aliphatic carbocycles. The molecule has 1 saturated carbocycles. The molecule has 0 bridgehead atoms. The van der Waals surface area contributed by atoms with Crippen LogP contribution in [0.1, 0.15) is 129 Å². The number of guanidine groups is 4. The zero-order valence-corrected chi connectivity index (χ0v) is 70.4. The maximum Gasteiger partial charge on any atom is 0.245 e. The normalized spacial score (nSPS) is 21.7. The fraction of sp³-hybridized carbons (Fsp3) is 0.270. The van der Waals surface area contributed by atoms with Crippen LogP contribution in [0.25, 0.3) is 44.6 Å². The van der Waals surface area contributed by atoms with Crippen molar-refractivity contribution in [3.05, 3.63) is 222 Å². The van der Waals surface area contributed by atoms with E-state index in [-0.39, 0.29) is 66.6 Å². The van der Waals surface area contributed by atoms with E-state index in [2.05, 4.69) is 94.8 Å². The number of likely N-dealkylation sites (N-methyl/N-ethyl adjacent to an activating group) is 1. The molecular weight excluding hydrogens is 1570 g/mol. The van der Waals surface area contributed by atoms with Gasteiger partial charge in [0.2, 0.25) is 30.4 Å². The lowest BCUT2D eigenvalue weighted by Crippen LogP contribution is -2.55. The first kappa shape index (κ1) is 82.5. The Morgan fingerprint density at radius 1 is 0.504 bits per heavy atom. The molecule has 2 unspecified atom stereocenters. The Labute approximate surface area is 701 Å². The van der Waals surface area contributed by atoms with Crippen LogP contribution in [0, 0.1) is 59.2 Å². The van der Waals surface area contributed by atoms with E-state index < -0.39 is 33.3 Å². The van der Waals surface area contributed by atoms with Gasteiger partial charge in [0.25, 0.3) is 0 Å². The number of hydrogen-bond donors (Lipinski definition) is 4. The predicted octanol–water partition coefficient (Wildman–Crippen LogP) is 13.8. The molecule has 13 heterocycles. The van der Waals surface area contributed by atoms with Crippen molar-refractivity contribution in [1.82, 2.24) is 44.5 Å². The standard InChI is InChI=1S/C25H22N4O3S.C24H22N4OS2.C22H23N5O.C18H17ClN4OS/c1-4-5-15-8-17(12-27-11-15)18-10-21(33-13-18)25(2)22(23(30)29(3)24(26)28-25)16-6-7-19-20(9-16)32-14-31-19;1-4-8-16-11-17(14-26-13-16)18-12-20(30-15-18)24(2)21(22(29)28(3)23(25)27-24)31-19-9-6-5-7-10-19;1-4-5-14-10-16(13-24-12-14)18-11-17(8-9-25-18)22(2)19(15-6-7-15)20(28)27(3)21(23)26-22;1-4-5-11-6-12(9-21-8-11)13-10-25-16(15(13)19)18(2)7-14(24)23(3)17(20)22-18/h6-13,22H,14H2,1-3H3,(H2,26,28);5-7,9-15,21H,1-3H3,(H2,25,27);8-13,15,19H,6-7H2,1-3H3,(H2,23,26);6,8-10H,7H2,1-3H3,(H2,20,22)/t22?,25-;21?,24-;19-,22+;18-/m1100/s1. The fourth-order valence-corrected chi connectivity index (χ4v) is 19.5. The van der Waals surface area contributed by atoms with Gasteiger partial charge in [-0.2, -0.15) is 0 Å². The summed E-state index contributed by atoms with van der Waals surface area (Å²) in [6.07, 6.45) is 18.2. The summed E-state index contributed by atoms with van der Waals surface area (Å²) in [5.41, 5.74) is 33.6. The van der Waals surface area contributed by atoms with E-state index in [1.54, 1.807) is 122 Å². The molecule has 1 fully saturated rings. The molecule has 7 atom stereocenters. The Kier molecular flexibility index (Phi) is 24.4. The molecule has 2 aromatic carbocycles. The van der Waals surface area contributed by atoms with Crippen molar-refractivity contribution in [1.29, 1.82) is 0 Å². The first-order valence-corrected chi connectivity index (χ1v) is 41.1. The van der Waals surface area contributed by atoms with Gasteiger partial charge in [0, 0.05) is 154 Å². The van der Waals surface area contributed by atoms with E-state index in [1.165, 1.54) is 42.7 Å². The van der Waals surface area contributed by atoms with Gasteiger partial charge in [0.05, 0.1) is 39.4 Å². The first-order valence-electron chi connectivity index (χ1n) is 37.2. The molecule has 28 heteroatoms. The SMILES string of the molecule is CC#Cc1cncc(-c2cc([C@@]3(C)N=C(N)N(C)C(=O)[C@@H]3C3CC3)ccn2)c1.CC#Cc1cncc(-c2csc([C@@]3(C)N=C(N)N(C)C(=O)C3Sc3ccccc3)c2)c1.CC#Cc1cncc(-c2csc([C@@]3(C)N=C(N)N(C)C(=O)C3c3ccc4c(c3)OCO4)c2)c1.CC#Cc1cncc(-c2csc([C@]3(C)CC(=O)N(C)C(N)=N3)c2Cl)c1. The lowest BCUT2D eigenvalue weighted by atomic mass is 9.75. The number of ether oxygens (including phenoxy) is 2. The molecule has 592 valence electrons. The number of thioether (sulfide) groups is 1. The van der Waals surface area contributed by atoms with Gasteiger partial charge in [0.15, 0.2) is 35.3 Å². The predicted molar refractivity (Wildman–Crippen MR) is 465 cm³/mol. The fourth-order valence-electron chi connectivity index (χ4n) is 14.4. The average molecular weight is 1650 g/mol. The Morgan fingerprint density at radius 2 is 1.00 bits per heavy atom. The highest BCUT2D eigenvalue weighted by Crippen LogP contribution is 2.53. The van der Waals surface area contributed by atoms with Crippen molar-refractivity contribution in [3.8, 4) is 104 Å². The number of pyridine rings is 5. The van der Waals surface area contributed by atoms with E-state index in [0.717, 1.165) is 110 Å². The number of halogens is 1. The second-order valence-electron chi connectivity index (χ2n) is 29.1. The summed E-state index contributed by atoms with van der Waals surface area (Å²) in [7, 11) is 6.63. The Hall–Kier alpha value is -12.5. The minimum atomic E-state index is -0.890. The molecule has 6 aliphatic rings. The highest BCUT2D eigenvalue weighted by molar-refractivity contribution is 8.00. The minimum Gasteiger partial charge on any atom is -0.454 e. The molecule has 117 heavy (non-hydrogen) atoms. The molecule has 0 radical (unpaired) electrons. The number of rotatable bonds is 12. The van der Waals surface area contributed by atoms with E-state index in [4.69, 9.17) is 59.0 Å². The van der Waals surface area contributed by atoms with Gasteiger partial charge in [-0.15, -0.1) is 69.5 Å². The van der Waals surface area contributed by atoms with Crippen LogP contribution in [-0.4, -0.2) is 132 Å². The molecule has 8 aromatic heterocycles. The first-order chi connectivity index (χ1) is 56.1. The Morgan fingerprint density at radius 3 is 1.56 bits per heavy atom. The smallest absolute Gasteiger partial charge is 0.245 e. The molecule has 8 N–H and O–H groups in total. The van der Waals surface area contributed by atoms with E-state index in [1.807, 2.05) is 136 Å². The number of aromatic nitrogens is 5. The maximum atomic E-state index is 13.5. The van der Waals surface area contributed by atoms with Gasteiger partial charge in [-0.05, 0) is 180 Å². The third kappa shape index (κ3) is 17.1. The van der Waals surface area contributed by atoms with Crippen molar-refractivity contribution in [2.75, 3.05) is 35.0 Å². The third-order valence-corrected chi connectivity index (χ3v) is 26.4. The van der Waals surface area contributed by atoms with Gasteiger partial charge < -0.3 is 32.4 Å². The monoisotopic (exact) mass is 1650 g/mol. The van der Waals surface area contributed by atoms with Crippen LogP contribution in [0.15, 0.2) is 194 Å². The average Bonchev–Trinajstić information content (AvgIpc) is 1.73. The lowest BCUT2D eigenvalue weighted by Gasteiger charge is -2.41. The second kappa shape index (κ2) is 34.5. The Bertz CT molecular complexity index is 5970. The highest BCUT2D eigenvalue weighted by Gasteiger charge is 2.54. The number of fused-ring (bicyclic) bond motifs is 1. The number of thiophene rings is 3. The number of hydrogen-bond acceptors (Lipinski definition) is 23. The summed E-state index contributed by atoms with van der Waals surface area (Å²) in [5, 5.41) is 6.21. The van der Waals surface area contributed by atoms with Crippen LogP contribution in [0.3, 0.4) is 0 Å². The van der Waals surface area contributed by atoms with Crippen LogP contribution in [0.2, 0.25) is 5.02 Å². The molecular formula is C89H84ClN17O6S4. The van der Waals surface area contributed by atoms with Crippen LogP contribution in [-0.2, 0) is 41.3 Å². The van der Waals surface area contributed by atoms with Crippen molar-refractivity contribution >= 4 is 105 Å². The van der Waals surface area contributed by atoms with Gasteiger partial charge in [-0.1, -0.05) is 59.5 Å². The number of benzene rings is 2. The summed E-state index contributed by atoms with van der Waals surface area (Å²) in [4.78, 5) is 102. The zero-order chi connectivity index (χ0) is 83.3. The molecule has 10 aromatic rings. The van der Waals surface area contributed by atoms with Gasteiger partial charge >= 0.3 is 0 Å². The summed E-state index contributed by atoms with van der Waals surface area (Å²) in [5.74, 6) is 25.2. The number of aliphatic imine (C=N–C) groups is 4. The molecule has 23 nitrogen and oxygen atoms in total. The third-order valence-electron chi connectivity index (χ3n) is 20.9. The van der Waals surface area contributed by atoms with E-state index in [9.17, 15) is 19.2 Å².